The summed E-state index contributed by atoms with van der Waals surface area (Å²) < 4.78 is 5.14. The topological polar surface area (TPSA) is 41.6 Å². The molecule has 4 nitrogen and oxygen atoms in total. The fourth-order valence-electron chi connectivity index (χ4n) is 3.09. The minimum atomic E-state index is -0.0114. The number of amides is 1. The standard InChI is InChI=1S/C24H26N2O2/c1-18(2)26(24(27)20-11-9-19(10-12-20)17-28-3)23-15-13-22(14-16-23)25-21-7-5-4-6-8-21/h4-16,18,25H,17H2,1-3H3. The van der Waals surface area contributed by atoms with Gasteiger partial charge >= 0.3 is 0 Å². The van der Waals surface area contributed by atoms with Crippen molar-refractivity contribution < 1.29 is 9.53 Å². The number of ether oxygens (including phenoxy) is 1. The summed E-state index contributed by atoms with van der Waals surface area (Å²) in [5.74, 6) is -0.0114. The molecule has 0 bridgehead atoms. The molecule has 3 aromatic carbocycles. The fraction of sp³-hybridized carbons (Fsp3) is 0.208. The number of methoxy groups -OCH3 is 1. The zero-order valence-electron chi connectivity index (χ0n) is 16.6. The molecule has 3 aromatic rings. The Balaban J connectivity index is 1.78. The molecule has 0 spiro atoms. The van der Waals surface area contributed by atoms with Crippen LogP contribution in [0.25, 0.3) is 0 Å². The first kappa shape index (κ1) is 19.6. The number of rotatable bonds is 7. The van der Waals surface area contributed by atoms with Crippen molar-refractivity contribution in [2.75, 3.05) is 17.3 Å². The quantitative estimate of drug-likeness (QED) is 0.582. The number of benzene rings is 3. The van der Waals surface area contributed by atoms with Crippen molar-refractivity contribution in [1.29, 1.82) is 0 Å². The van der Waals surface area contributed by atoms with Crippen molar-refractivity contribution >= 4 is 23.0 Å². The van der Waals surface area contributed by atoms with Gasteiger partial charge in [0.2, 0.25) is 0 Å². The van der Waals surface area contributed by atoms with Crippen molar-refractivity contribution in [2.24, 2.45) is 0 Å². The van der Waals surface area contributed by atoms with Crippen LogP contribution < -0.4 is 10.2 Å². The van der Waals surface area contributed by atoms with Gasteiger partial charge in [0, 0.05) is 35.8 Å². The highest BCUT2D eigenvalue weighted by molar-refractivity contribution is 6.06. The molecule has 0 radical (unpaired) electrons. The highest BCUT2D eigenvalue weighted by Crippen LogP contribution is 2.24. The lowest BCUT2D eigenvalue weighted by Gasteiger charge is -2.27. The maximum atomic E-state index is 13.1. The van der Waals surface area contributed by atoms with Gasteiger partial charge in [-0.15, -0.1) is 0 Å². The van der Waals surface area contributed by atoms with Crippen LogP contribution in [0.5, 0.6) is 0 Å². The van der Waals surface area contributed by atoms with E-state index in [2.05, 4.69) is 5.32 Å². The smallest absolute Gasteiger partial charge is 0.258 e. The van der Waals surface area contributed by atoms with E-state index in [-0.39, 0.29) is 11.9 Å². The maximum absolute atomic E-state index is 13.1. The Kier molecular flexibility index (Phi) is 6.45. The van der Waals surface area contributed by atoms with E-state index in [0.29, 0.717) is 12.2 Å². The van der Waals surface area contributed by atoms with Gasteiger partial charge in [-0.05, 0) is 67.9 Å². The molecule has 3 rings (SSSR count). The van der Waals surface area contributed by atoms with E-state index < -0.39 is 0 Å². The van der Waals surface area contributed by atoms with Crippen LogP contribution in [0.2, 0.25) is 0 Å². The summed E-state index contributed by atoms with van der Waals surface area (Å²) in [4.78, 5) is 14.9. The van der Waals surface area contributed by atoms with E-state index in [1.807, 2.05) is 97.6 Å². The van der Waals surface area contributed by atoms with E-state index in [9.17, 15) is 4.79 Å². The van der Waals surface area contributed by atoms with Gasteiger partial charge in [0.05, 0.1) is 6.61 Å². The average molecular weight is 374 g/mol. The molecule has 1 N–H and O–H groups in total. The Morgan fingerprint density at radius 3 is 2.07 bits per heavy atom. The lowest BCUT2D eigenvalue weighted by Crippen LogP contribution is -2.37. The molecule has 0 saturated carbocycles. The molecule has 0 atom stereocenters. The maximum Gasteiger partial charge on any atom is 0.258 e. The van der Waals surface area contributed by atoms with Crippen molar-refractivity contribution in [3.63, 3.8) is 0 Å². The summed E-state index contributed by atoms with van der Waals surface area (Å²) in [6.07, 6.45) is 0. The second-order valence-corrected chi connectivity index (χ2v) is 6.94. The Bertz CT molecular complexity index is 888. The average Bonchev–Trinajstić information content (AvgIpc) is 2.71. The van der Waals surface area contributed by atoms with Gasteiger partial charge in [-0.2, -0.15) is 0 Å². The predicted octanol–water partition coefficient (Wildman–Crippen LogP) is 5.63. The molecule has 28 heavy (non-hydrogen) atoms. The molecule has 144 valence electrons. The fourth-order valence-corrected chi connectivity index (χ4v) is 3.09. The lowest BCUT2D eigenvalue weighted by molar-refractivity contribution is 0.0980. The molecule has 0 heterocycles. The van der Waals surface area contributed by atoms with Crippen LogP contribution in [0, 0.1) is 0 Å². The van der Waals surface area contributed by atoms with Gasteiger partial charge in [0.15, 0.2) is 0 Å². The molecule has 0 aliphatic carbocycles. The number of nitrogens with one attached hydrogen (secondary N) is 1. The van der Waals surface area contributed by atoms with E-state index in [0.717, 1.165) is 22.6 Å². The van der Waals surface area contributed by atoms with E-state index >= 15 is 0 Å². The van der Waals surface area contributed by atoms with E-state index in [1.54, 1.807) is 7.11 Å². The third-order valence-corrected chi connectivity index (χ3v) is 4.46. The second-order valence-electron chi connectivity index (χ2n) is 6.94. The van der Waals surface area contributed by atoms with Crippen LogP contribution in [0.15, 0.2) is 78.9 Å². The second kappa shape index (κ2) is 9.20. The van der Waals surface area contributed by atoms with E-state index in [1.165, 1.54) is 0 Å². The third-order valence-electron chi connectivity index (χ3n) is 4.46. The minimum absolute atomic E-state index is 0.0114. The number of para-hydroxylation sites is 1. The van der Waals surface area contributed by atoms with Gasteiger partial charge in [-0.25, -0.2) is 0 Å². The molecule has 0 aliphatic heterocycles. The first-order valence-corrected chi connectivity index (χ1v) is 9.42. The zero-order valence-corrected chi connectivity index (χ0v) is 16.6. The number of carbonyl (C=O) groups excluding carboxylic acids is 1. The molecule has 0 fully saturated rings. The Labute approximate surface area is 166 Å². The molecule has 0 unspecified atom stereocenters. The Morgan fingerprint density at radius 1 is 0.893 bits per heavy atom. The summed E-state index contributed by atoms with van der Waals surface area (Å²) >= 11 is 0. The first-order valence-electron chi connectivity index (χ1n) is 9.42. The van der Waals surface area contributed by atoms with Gasteiger partial charge < -0.3 is 15.0 Å². The molecule has 1 amide bonds. The van der Waals surface area contributed by atoms with Gasteiger partial charge in [0.25, 0.3) is 5.91 Å². The SMILES string of the molecule is COCc1ccc(C(=O)N(c2ccc(Nc3ccccc3)cc2)C(C)C)cc1. The molecular weight excluding hydrogens is 348 g/mol. The summed E-state index contributed by atoms with van der Waals surface area (Å²) in [6, 6.07) is 25.6. The molecule has 0 aliphatic rings. The summed E-state index contributed by atoms with van der Waals surface area (Å²) in [5, 5.41) is 3.36. The molecular formula is C24H26N2O2. The van der Waals surface area contributed by atoms with Crippen molar-refractivity contribution in [1.82, 2.24) is 0 Å². The van der Waals surface area contributed by atoms with E-state index in [4.69, 9.17) is 4.74 Å². The molecule has 0 aromatic heterocycles. The molecule has 4 heteroatoms. The monoisotopic (exact) mass is 374 g/mol. The van der Waals surface area contributed by atoms with Crippen LogP contribution in [-0.4, -0.2) is 19.1 Å². The van der Waals surface area contributed by atoms with Crippen LogP contribution in [-0.2, 0) is 11.3 Å². The zero-order chi connectivity index (χ0) is 19.9. The predicted molar refractivity (Wildman–Crippen MR) is 115 cm³/mol. The van der Waals surface area contributed by atoms with Gasteiger partial charge in [0.1, 0.15) is 0 Å². The summed E-state index contributed by atoms with van der Waals surface area (Å²) in [7, 11) is 1.66. The van der Waals surface area contributed by atoms with Crippen molar-refractivity contribution in [2.45, 2.75) is 26.5 Å². The summed E-state index contributed by atoms with van der Waals surface area (Å²) in [6.45, 7) is 4.58. The van der Waals surface area contributed by atoms with Crippen LogP contribution in [0.1, 0.15) is 29.8 Å². The number of carbonyl (C=O) groups is 1. The Morgan fingerprint density at radius 2 is 1.50 bits per heavy atom. The number of hydrogen-bond acceptors (Lipinski definition) is 3. The molecule has 0 saturated heterocycles. The third kappa shape index (κ3) is 4.78. The van der Waals surface area contributed by atoms with Gasteiger partial charge in [-0.3, -0.25) is 4.79 Å². The van der Waals surface area contributed by atoms with Crippen LogP contribution >= 0.6 is 0 Å². The summed E-state index contributed by atoms with van der Waals surface area (Å²) in [5.41, 5.74) is 4.60. The highest BCUT2D eigenvalue weighted by atomic mass is 16.5. The number of nitrogens with zero attached hydrogens (tertiary/aromatic N) is 1. The number of hydrogen-bond donors (Lipinski definition) is 1. The first-order chi connectivity index (χ1) is 13.6. The lowest BCUT2D eigenvalue weighted by atomic mass is 10.1. The largest absolute Gasteiger partial charge is 0.380 e. The highest BCUT2D eigenvalue weighted by Gasteiger charge is 2.20. The van der Waals surface area contributed by atoms with Crippen LogP contribution in [0.4, 0.5) is 17.1 Å². The van der Waals surface area contributed by atoms with Crippen molar-refractivity contribution in [3.8, 4) is 0 Å². The minimum Gasteiger partial charge on any atom is -0.380 e. The Hall–Kier alpha value is -3.11. The van der Waals surface area contributed by atoms with Gasteiger partial charge in [-0.1, -0.05) is 30.3 Å². The van der Waals surface area contributed by atoms with Crippen LogP contribution in [0.3, 0.4) is 0 Å². The van der Waals surface area contributed by atoms with Crippen molar-refractivity contribution in [3.05, 3.63) is 90.0 Å². The normalized spacial score (nSPS) is 10.7. The number of anilines is 3.